The third-order valence-corrected chi connectivity index (χ3v) is 7.60. The lowest BCUT2D eigenvalue weighted by Gasteiger charge is -2.49. The fourth-order valence-electron chi connectivity index (χ4n) is 4.51. The van der Waals surface area contributed by atoms with Gasteiger partial charge in [0.1, 0.15) is 29.8 Å². The molecule has 1 aromatic rings. The van der Waals surface area contributed by atoms with Gasteiger partial charge in [-0.2, -0.15) is 0 Å². The molecular weight excluding hydrogens is 524 g/mol. The first-order valence-electron chi connectivity index (χ1n) is 11.3. The van der Waals surface area contributed by atoms with Crippen LogP contribution in [0.2, 0.25) is 0 Å². The lowest BCUT2D eigenvalue weighted by atomic mass is 10.0. The van der Waals surface area contributed by atoms with E-state index in [1.165, 1.54) is 23.9 Å². The maximum atomic E-state index is 12.7. The largest absolute Gasteiger partial charge is 0.480 e. The number of imide groups is 1. The lowest BCUT2D eigenvalue weighted by molar-refractivity contribution is -0.150. The van der Waals surface area contributed by atoms with Crippen LogP contribution in [0.1, 0.15) is 40.0 Å². The maximum absolute atomic E-state index is 12.7. The van der Waals surface area contributed by atoms with E-state index >= 15 is 0 Å². The Labute approximate surface area is 218 Å². The van der Waals surface area contributed by atoms with Crippen molar-refractivity contribution in [2.75, 3.05) is 12.4 Å². The smallest absolute Gasteiger partial charge is 0.404 e. The summed E-state index contributed by atoms with van der Waals surface area (Å²) in [5.41, 5.74) is 4.99. The van der Waals surface area contributed by atoms with Gasteiger partial charge in [0.2, 0.25) is 5.91 Å². The maximum Gasteiger partial charge on any atom is 0.404 e. The molecule has 3 heterocycles. The van der Waals surface area contributed by atoms with Crippen LogP contribution in [0.25, 0.3) is 0 Å². The number of aliphatic carboxylic acids is 2. The van der Waals surface area contributed by atoms with Crippen LogP contribution >= 0.6 is 11.8 Å². The molecule has 5 amide bonds. The summed E-state index contributed by atoms with van der Waals surface area (Å²) in [6.07, 6.45) is -1.49. The predicted molar refractivity (Wildman–Crippen MR) is 127 cm³/mol. The van der Waals surface area contributed by atoms with E-state index in [2.05, 4.69) is 10.1 Å². The number of nitrogens with two attached hydrogens (primary N) is 1. The molecule has 4 rings (SSSR count). The van der Waals surface area contributed by atoms with Gasteiger partial charge in [0.25, 0.3) is 17.7 Å². The molecule has 0 aromatic heterocycles. The van der Waals surface area contributed by atoms with Gasteiger partial charge in [0.05, 0.1) is 11.1 Å². The molecule has 0 saturated carbocycles. The second kappa shape index (κ2) is 10.5. The monoisotopic (exact) mass is 546 g/mol. The highest BCUT2D eigenvalue weighted by atomic mass is 32.2. The second-order valence-corrected chi connectivity index (χ2v) is 9.70. The molecular formula is C23H22N4O10S. The Balaban J connectivity index is 1.34. The molecule has 1 fully saturated rings. The quantitative estimate of drug-likeness (QED) is 0.221. The van der Waals surface area contributed by atoms with Gasteiger partial charge >= 0.3 is 18.0 Å². The van der Waals surface area contributed by atoms with Gasteiger partial charge in [0.15, 0.2) is 0 Å². The Morgan fingerprint density at radius 2 is 1.74 bits per heavy atom. The van der Waals surface area contributed by atoms with E-state index in [0.717, 1.165) is 4.90 Å². The molecule has 3 aliphatic heterocycles. The zero-order valence-corrected chi connectivity index (χ0v) is 20.4. The van der Waals surface area contributed by atoms with E-state index in [4.69, 9.17) is 5.73 Å². The number of hydrogen-bond donors (Lipinski definition) is 4. The fraction of sp³-hybridized carbons (Fsp3) is 0.348. The van der Waals surface area contributed by atoms with E-state index in [1.54, 1.807) is 12.1 Å². The number of carbonyl (C=O) groups is 7. The Morgan fingerprint density at radius 1 is 1.11 bits per heavy atom. The molecule has 1 saturated heterocycles. The highest BCUT2D eigenvalue weighted by molar-refractivity contribution is 8.00. The number of primary amides is 1. The Morgan fingerprint density at radius 3 is 2.29 bits per heavy atom. The van der Waals surface area contributed by atoms with Gasteiger partial charge in [-0.1, -0.05) is 12.1 Å². The lowest BCUT2D eigenvalue weighted by Crippen LogP contribution is -2.70. The van der Waals surface area contributed by atoms with E-state index < -0.39 is 65.7 Å². The van der Waals surface area contributed by atoms with Crippen molar-refractivity contribution in [2.45, 2.75) is 36.7 Å². The number of β-lactam (4-membered cyclic amide) rings is 1. The van der Waals surface area contributed by atoms with E-state index in [9.17, 15) is 43.8 Å². The van der Waals surface area contributed by atoms with Gasteiger partial charge in [-0.05, 0) is 25.0 Å². The Hall–Kier alpha value is -4.40. The van der Waals surface area contributed by atoms with Gasteiger partial charge in [-0.15, -0.1) is 11.8 Å². The molecule has 3 atom stereocenters. The molecule has 0 bridgehead atoms. The van der Waals surface area contributed by atoms with E-state index in [1.807, 2.05) is 0 Å². The van der Waals surface area contributed by atoms with Gasteiger partial charge in [-0.3, -0.25) is 29.0 Å². The van der Waals surface area contributed by atoms with Crippen molar-refractivity contribution in [3.8, 4) is 0 Å². The van der Waals surface area contributed by atoms with Crippen LogP contribution in [-0.4, -0.2) is 91.5 Å². The summed E-state index contributed by atoms with van der Waals surface area (Å²) in [6.45, 7) is -0.394. The van der Waals surface area contributed by atoms with Gasteiger partial charge in [-0.25, -0.2) is 14.4 Å². The third-order valence-electron chi connectivity index (χ3n) is 6.26. The average Bonchev–Trinajstić information content (AvgIpc) is 3.12. The van der Waals surface area contributed by atoms with Crippen molar-refractivity contribution in [2.24, 2.45) is 5.73 Å². The summed E-state index contributed by atoms with van der Waals surface area (Å²) < 4.78 is 4.65. The highest BCUT2D eigenvalue weighted by Crippen LogP contribution is 2.40. The zero-order valence-electron chi connectivity index (χ0n) is 19.6. The molecule has 5 N–H and O–H groups in total. The number of benzene rings is 1. The minimum Gasteiger partial charge on any atom is -0.480 e. The van der Waals surface area contributed by atoms with Crippen LogP contribution in [0.4, 0.5) is 4.79 Å². The molecule has 3 aliphatic rings. The molecule has 0 radical (unpaired) electrons. The molecule has 0 spiro atoms. The SMILES string of the molecule is NC(=O)OCC1=C(C(=O)O)N2C(=O)C(NC(=O)CCCC(C(=O)O)N3C(=O)c4ccccc4C3=O)[C@@H]2SC1. The zero-order chi connectivity index (χ0) is 27.7. The average molecular weight is 547 g/mol. The van der Waals surface area contributed by atoms with Crippen molar-refractivity contribution in [3.63, 3.8) is 0 Å². The van der Waals surface area contributed by atoms with Crippen molar-refractivity contribution in [3.05, 3.63) is 46.7 Å². The van der Waals surface area contributed by atoms with Crippen LogP contribution in [0, 0.1) is 0 Å². The molecule has 200 valence electrons. The molecule has 38 heavy (non-hydrogen) atoms. The Bertz CT molecular complexity index is 1260. The number of amides is 5. The molecule has 14 nitrogen and oxygen atoms in total. The molecule has 15 heteroatoms. The predicted octanol–water partition coefficient (Wildman–Crippen LogP) is -0.260. The number of fused-ring (bicyclic) bond motifs is 2. The summed E-state index contributed by atoms with van der Waals surface area (Å²) >= 11 is 1.17. The van der Waals surface area contributed by atoms with Crippen LogP contribution in [0.3, 0.4) is 0 Å². The number of hydrogen-bond acceptors (Lipinski definition) is 9. The number of nitrogens with one attached hydrogen (secondary N) is 1. The highest BCUT2D eigenvalue weighted by Gasteiger charge is 2.54. The van der Waals surface area contributed by atoms with Gasteiger partial charge in [0, 0.05) is 17.7 Å². The van der Waals surface area contributed by atoms with Crippen LogP contribution < -0.4 is 11.1 Å². The number of rotatable bonds is 10. The molecule has 1 aromatic carbocycles. The van der Waals surface area contributed by atoms with Crippen LogP contribution in [-0.2, 0) is 23.9 Å². The van der Waals surface area contributed by atoms with Crippen molar-refractivity contribution in [1.82, 2.24) is 15.1 Å². The van der Waals surface area contributed by atoms with E-state index in [-0.39, 0.29) is 47.4 Å². The number of ether oxygens (including phenoxy) is 1. The number of thioether (sulfide) groups is 1. The van der Waals surface area contributed by atoms with Crippen molar-refractivity contribution in [1.29, 1.82) is 0 Å². The number of carboxylic acids is 2. The minimum atomic E-state index is -1.48. The number of nitrogens with zero attached hydrogens (tertiary/aromatic N) is 2. The Kier molecular flexibility index (Phi) is 7.39. The first-order valence-corrected chi connectivity index (χ1v) is 12.4. The van der Waals surface area contributed by atoms with Crippen LogP contribution in [0.5, 0.6) is 0 Å². The number of carboxylic acid groups (broad SMARTS) is 2. The molecule has 0 aliphatic carbocycles. The topological polar surface area (TPSA) is 214 Å². The summed E-state index contributed by atoms with van der Waals surface area (Å²) in [5, 5.41) is 21.0. The summed E-state index contributed by atoms with van der Waals surface area (Å²) in [7, 11) is 0. The van der Waals surface area contributed by atoms with Crippen LogP contribution in [0.15, 0.2) is 35.5 Å². The third kappa shape index (κ3) is 4.79. The first-order chi connectivity index (χ1) is 18.0. The second-order valence-electron chi connectivity index (χ2n) is 8.59. The van der Waals surface area contributed by atoms with Gasteiger partial charge < -0.3 is 26.0 Å². The molecule has 2 unspecified atom stereocenters. The standard InChI is InChI=1S/C23H22N4O10S/c24-23(36)37-8-10-9-38-20-15(19(31)27(20)16(10)22(34)35)25-14(28)7-3-6-13(21(32)33)26-17(29)11-4-1-2-5-12(11)18(26)30/h1-2,4-5,13,15,20H,3,6-9H2,(H2,24,36)(H,25,28)(H,32,33)(H,34,35)/t13?,15?,20-/m0/s1. The first kappa shape index (κ1) is 26.7. The van der Waals surface area contributed by atoms with E-state index in [0.29, 0.717) is 4.90 Å². The summed E-state index contributed by atoms with van der Waals surface area (Å²) in [4.78, 5) is 86.6. The van der Waals surface area contributed by atoms with Crippen molar-refractivity contribution < 1.29 is 48.5 Å². The summed E-state index contributed by atoms with van der Waals surface area (Å²) in [6, 6.07) is 3.50. The normalized spacial score (nSPS) is 20.9. The minimum absolute atomic E-state index is 0.00643. The summed E-state index contributed by atoms with van der Waals surface area (Å²) in [5.74, 6) is -5.37. The fourth-order valence-corrected chi connectivity index (χ4v) is 5.84. The van der Waals surface area contributed by atoms with Crippen molar-refractivity contribution >= 4 is 53.4 Å². The number of carbonyl (C=O) groups excluding carboxylic acids is 5.